The normalized spacial score (nSPS) is 12.3. The second kappa shape index (κ2) is 11.4. The van der Waals surface area contributed by atoms with Crippen LogP contribution < -0.4 is 4.74 Å². The summed E-state index contributed by atoms with van der Waals surface area (Å²) in [5, 5.41) is 9.55. The SMILES string of the molecule is CCC(C(=O)O)c1ccc(COc2ccc(F)c(-c3c(-c4ccccc4)cnc4c(C(F)(F)F)cccc34)c2)cc1. The highest BCUT2D eigenvalue weighted by Gasteiger charge is 2.34. The maximum Gasteiger partial charge on any atom is 0.418 e. The summed E-state index contributed by atoms with van der Waals surface area (Å²) >= 11 is 0. The van der Waals surface area contributed by atoms with Gasteiger partial charge in [0.05, 0.1) is 17.0 Å². The van der Waals surface area contributed by atoms with Crippen molar-refractivity contribution in [3.8, 4) is 28.0 Å². The molecule has 4 aromatic carbocycles. The average molecular weight is 560 g/mol. The summed E-state index contributed by atoms with van der Waals surface area (Å²) in [5.74, 6) is -1.80. The molecule has 0 bridgehead atoms. The summed E-state index contributed by atoms with van der Waals surface area (Å²) in [6.45, 7) is 1.93. The Morgan fingerprint density at radius 3 is 2.32 bits per heavy atom. The second-order valence-corrected chi connectivity index (χ2v) is 9.58. The van der Waals surface area contributed by atoms with Crippen molar-refractivity contribution >= 4 is 16.9 Å². The van der Waals surface area contributed by atoms with Crippen LogP contribution in [0, 0.1) is 5.82 Å². The number of hydrogen-bond donors (Lipinski definition) is 1. The van der Waals surface area contributed by atoms with Gasteiger partial charge >= 0.3 is 12.1 Å². The van der Waals surface area contributed by atoms with E-state index in [1.165, 1.54) is 36.5 Å². The van der Waals surface area contributed by atoms with Crippen LogP contribution in [0.25, 0.3) is 33.2 Å². The molecule has 0 radical (unpaired) electrons. The zero-order valence-electron chi connectivity index (χ0n) is 22.0. The van der Waals surface area contributed by atoms with E-state index in [2.05, 4.69) is 4.98 Å². The van der Waals surface area contributed by atoms with E-state index >= 15 is 4.39 Å². The van der Waals surface area contributed by atoms with Gasteiger partial charge in [0.25, 0.3) is 0 Å². The molecule has 0 aliphatic carbocycles. The molecule has 0 aliphatic heterocycles. The van der Waals surface area contributed by atoms with Crippen LogP contribution in [0.1, 0.15) is 36.0 Å². The second-order valence-electron chi connectivity index (χ2n) is 9.58. The Bertz CT molecular complexity index is 1700. The van der Waals surface area contributed by atoms with Gasteiger partial charge in [-0.1, -0.05) is 73.7 Å². The molecule has 0 fully saturated rings. The summed E-state index contributed by atoms with van der Waals surface area (Å²) in [4.78, 5) is 15.6. The van der Waals surface area contributed by atoms with Crippen molar-refractivity contribution in [3.05, 3.63) is 120 Å². The number of benzene rings is 4. The number of aromatic nitrogens is 1. The summed E-state index contributed by atoms with van der Waals surface area (Å²) in [5.41, 5.74) is 1.79. The maximum absolute atomic E-state index is 15.4. The van der Waals surface area contributed by atoms with E-state index in [4.69, 9.17) is 4.74 Å². The van der Waals surface area contributed by atoms with Crippen LogP contribution in [0.3, 0.4) is 0 Å². The first-order chi connectivity index (χ1) is 19.7. The molecule has 41 heavy (non-hydrogen) atoms. The minimum atomic E-state index is -4.64. The molecule has 4 nitrogen and oxygen atoms in total. The van der Waals surface area contributed by atoms with E-state index in [0.717, 1.165) is 11.6 Å². The van der Waals surface area contributed by atoms with Crippen molar-refractivity contribution < 1.29 is 32.2 Å². The summed E-state index contributed by atoms with van der Waals surface area (Å²) < 4.78 is 62.9. The van der Waals surface area contributed by atoms with Crippen LogP contribution in [-0.4, -0.2) is 16.1 Å². The lowest BCUT2D eigenvalue weighted by Gasteiger charge is -2.17. The molecule has 1 atom stereocenters. The van der Waals surface area contributed by atoms with Gasteiger partial charge in [0.15, 0.2) is 0 Å². The topological polar surface area (TPSA) is 59.4 Å². The van der Waals surface area contributed by atoms with Gasteiger partial charge in [0.2, 0.25) is 0 Å². The Labute approximate surface area is 233 Å². The highest BCUT2D eigenvalue weighted by atomic mass is 19.4. The quantitative estimate of drug-likeness (QED) is 0.193. The molecule has 1 N–H and O–H groups in total. The van der Waals surface area contributed by atoms with Gasteiger partial charge in [-0.3, -0.25) is 9.78 Å². The minimum Gasteiger partial charge on any atom is -0.489 e. The number of nitrogens with zero attached hydrogens (tertiary/aromatic N) is 1. The summed E-state index contributed by atoms with van der Waals surface area (Å²) in [7, 11) is 0. The van der Waals surface area contributed by atoms with Crippen LogP contribution in [0.4, 0.5) is 17.6 Å². The van der Waals surface area contributed by atoms with Crippen molar-refractivity contribution in [2.75, 3.05) is 0 Å². The van der Waals surface area contributed by atoms with Gasteiger partial charge in [-0.2, -0.15) is 13.2 Å². The lowest BCUT2D eigenvalue weighted by molar-refractivity contribution is -0.139. The third-order valence-electron chi connectivity index (χ3n) is 6.99. The van der Waals surface area contributed by atoms with Crippen LogP contribution in [-0.2, 0) is 17.6 Å². The van der Waals surface area contributed by atoms with Crippen molar-refractivity contribution in [1.82, 2.24) is 4.98 Å². The lowest BCUT2D eigenvalue weighted by Crippen LogP contribution is -2.10. The molecule has 5 rings (SSSR count). The van der Waals surface area contributed by atoms with E-state index in [1.807, 2.05) is 6.07 Å². The molecular weight excluding hydrogens is 534 g/mol. The van der Waals surface area contributed by atoms with Crippen molar-refractivity contribution in [3.63, 3.8) is 0 Å². The molecule has 0 saturated carbocycles. The molecule has 8 heteroatoms. The fraction of sp³-hybridized carbons (Fsp3) is 0.152. The number of alkyl halides is 3. The number of pyridine rings is 1. The van der Waals surface area contributed by atoms with Crippen LogP contribution in [0.15, 0.2) is 97.2 Å². The van der Waals surface area contributed by atoms with Crippen molar-refractivity contribution in [2.45, 2.75) is 32.0 Å². The number of halogens is 4. The lowest BCUT2D eigenvalue weighted by atomic mass is 9.91. The number of carboxylic acids is 1. The predicted molar refractivity (Wildman–Crippen MR) is 149 cm³/mol. The fourth-order valence-electron chi connectivity index (χ4n) is 4.93. The van der Waals surface area contributed by atoms with E-state index in [1.54, 1.807) is 55.5 Å². The highest BCUT2D eigenvalue weighted by molar-refractivity contribution is 6.03. The van der Waals surface area contributed by atoms with Crippen LogP contribution >= 0.6 is 0 Å². The Kier molecular flexibility index (Phi) is 7.75. The third-order valence-corrected chi connectivity index (χ3v) is 6.99. The van der Waals surface area contributed by atoms with Crippen LogP contribution in [0.5, 0.6) is 5.75 Å². The maximum atomic E-state index is 15.4. The predicted octanol–water partition coefficient (Wildman–Crippen LogP) is 8.88. The average Bonchev–Trinajstić information content (AvgIpc) is 2.96. The Balaban J connectivity index is 1.56. The number of carboxylic acid groups (broad SMARTS) is 1. The molecule has 1 aromatic heterocycles. The Morgan fingerprint density at radius 2 is 1.66 bits per heavy atom. The molecule has 0 spiro atoms. The summed E-state index contributed by atoms with van der Waals surface area (Å²) in [6, 6.07) is 23.9. The smallest absolute Gasteiger partial charge is 0.418 e. The number of aliphatic carboxylic acids is 1. The first kappa shape index (κ1) is 27.8. The first-order valence-corrected chi connectivity index (χ1v) is 13.0. The van der Waals surface area contributed by atoms with Gasteiger partial charge in [0.1, 0.15) is 18.2 Å². The van der Waals surface area contributed by atoms with E-state index in [9.17, 15) is 23.1 Å². The fourth-order valence-corrected chi connectivity index (χ4v) is 4.93. The number of carbonyl (C=O) groups is 1. The number of rotatable bonds is 8. The number of fused-ring (bicyclic) bond motifs is 1. The van der Waals surface area contributed by atoms with Gasteiger partial charge in [-0.25, -0.2) is 4.39 Å². The number of ether oxygens (including phenoxy) is 1. The zero-order valence-corrected chi connectivity index (χ0v) is 22.0. The zero-order chi connectivity index (χ0) is 29.1. The molecule has 0 amide bonds. The third kappa shape index (κ3) is 5.77. The molecule has 0 aliphatic rings. The summed E-state index contributed by atoms with van der Waals surface area (Å²) in [6.07, 6.45) is -2.83. The van der Waals surface area contributed by atoms with Gasteiger partial charge in [0, 0.05) is 28.3 Å². The van der Waals surface area contributed by atoms with Crippen LogP contribution in [0.2, 0.25) is 0 Å². The highest BCUT2D eigenvalue weighted by Crippen LogP contribution is 2.43. The van der Waals surface area contributed by atoms with Gasteiger partial charge in [-0.05, 0) is 47.4 Å². The standard InChI is InChI=1S/C33H25F4NO3/c1-2-24(32(39)40)22-13-11-20(12-14-22)19-41-23-15-16-29(34)26(17-23)30-25-9-6-10-28(33(35,36)37)31(25)38-18-27(30)21-7-4-3-5-8-21/h3-18,24H,2,19H2,1H3,(H,39,40). The van der Waals surface area contributed by atoms with Crippen molar-refractivity contribution in [2.24, 2.45) is 0 Å². The first-order valence-electron chi connectivity index (χ1n) is 13.0. The Morgan fingerprint density at radius 1 is 0.927 bits per heavy atom. The van der Waals surface area contributed by atoms with Gasteiger partial charge < -0.3 is 9.84 Å². The monoisotopic (exact) mass is 559 g/mol. The number of hydrogen-bond acceptors (Lipinski definition) is 3. The molecule has 0 saturated heterocycles. The van der Waals surface area contributed by atoms with E-state index in [0.29, 0.717) is 28.9 Å². The minimum absolute atomic E-state index is 0.0793. The molecule has 5 aromatic rings. The molecule has 1 heterocycles. The van der Waals surface area contributed by atoms with E-state index in [-0.39, 0.29) is 28.6 Å². The largest absolute Gasteiger partial charge is 0.489 e. The molecule has 208 valence electrons. The Hall–Kier alpha value is -4.72. The molecular formula is C33H25F4NO3. The van der Waals surface area contributed by atoms with E-state index < -0.39 is 29.4 Å². The van der Waals surface area contributed by atoms with Gasteiger partial charge in [-0.15, -0.1) is 0 Å². The van der Waals surface area contributed by atoms with Crippen molar-refractivity contribution in [1.29, 1.82) is 0 Å². The number of para-hydroxylation sites is 1. The molecule has 1 unspecified atom stereocenters.